The minimum atomic E-state index is -0.335. The Kier molecular flexibility index (Phi) is 4.88. The van der Waals surface area contributed by atoms with Gasteiger partial charge in [0.25, 0.3) is 5.56 Å². The Morgan fingerprint density at radius 2 is 1.88 bits per heavy atom. The van der Waals surface area contributed by atoms with Gasteiger partial charge >= 0.3 is 0 Å². The second-order valence-electron chi connectivity index (χ2n) is 5.09. The van der Waals surface area contributed by atoms with Crippen LogP contribution in [-0.2, 0) is 6.54 Å². The van der Waals surface area contributed by atoms with Gasteiger partial charge in [-0.25, -0.2) is 9.37 Å². The van der Waals surface area contributed by atoms with Crippen LogP contribution in [0.25, 0.3) is 0 Å². The third-order valence-corrected chi connectivity index (χ3v) is 4.04. The molecule has 3 aromatic rings. The molecule has 5 heteroatoms. The molecule has 24 heavy (non-hydrogen) atoms. The smallest absolute Gasteiger partial charge is 0.269 e. The number of aromatic nitrogens is 2. The lowest BCUT2D eigenvalue weighted by molar-refractivity contribution is 0.622. The summed E-state index contributed by atoms with van der Waals surface area (Å²) in [6.45, 7) is 0.245. The molecule has 0 atom stereocenters. The fourth-order valence-corrected chi connectivity index (χ4v) is 2.58. The van der Waals surface area contributed by atoms with E-state index >= 15 is 0 Å². The fourth-order valence-electron chi connectivity index (χ4n) is 2.15. The summed E-state index contributed by atoms with van der Waals surface area (Å²) in [4.78, 5) is 16.6. The molecule has 1 heterocycles. The Balaban J connectivity index is 1.90. The van der Waals surface area contributed by atoms with Gasteiger partial charge in [-0.05, 0) is 51.7 Å². The van der Waals surface area contributed by atoms with Crippen LogP contribution in [0.5, 0.6) is 0 Å². The molecule has 118 valence electrons. The van der Waals surface area contributed by atoms with Crippen LogP contribution in [0.2, 0.25) is 0 Å². The minimum Gasteiger partial charge on any atom is -0.294 e. The second kappa shape index (κ2) is 7.24. The zero-order valence-electron chi connectivity index (χ0n) is 12.5. The highest BCUT2D eigenvalue weighted by atomic mass is 79.9. The average molecular weight is 383 g/mol. The molecule has 0 N–H and O–H groups in total. The van der Waals surface area contributed by atoms with Gasteiger partial charge in [0.15, 0.2) is 0 Å². The maximum atomic E-state index is 13.2. The zero-order valence-corrected chi connectivity index (χ0v) is 14.1. The Morgan fingerprint density at radius 1 is 1.08 bits per heavy atom. The summed E-state index contributed by atoms with van der Waals surface area (Å²) in [5.74, 6) is 5.52. The minimum absolute atomic E-state index is 0.245. The molecule has 3 nitrogen and oxygen atoms in total. The summed E-state index contributed by atoms with van der Waals surface area (Å²) >= 11 is 3.26. The maximum absolute atomic E-state index is 13.2. The van der Waals surface area contributed by atoms with Crippen molar-refractivity contribution in [1.29, 1.82) is 0 Å². The summed E-state index contributed by atoms with van der Waals surface area (Å²) in [7, 11) is 0. The van der Waals surface area contributed by atoms with Crippen LogP contribution in [0.3, 0.4) is 0 Å². The lowest BCUT2D eigenvalue weighted by Gasteiger charge is -2.06. The van der Waals surface area contributed by atoms with E-state index in [1.807, 2.05) is 30.3 Å². The van der Waals surface area contributed by atoms with Crippen LogP contribution in [0.15, 0.2) is 70.2 Å². The first-order valence-electron chi connectivity index (χ1n) is 7.20. The molecule has 1 aromatic heterocycles. The topological polar surface area (TPSA) is 34.9 Å². The zero-order chi connectivity index (χ0) is 16.9. The molecule has 0 aliphatic rings. The van der Waals surface area contributed by atoms with Crippen molar-refractivity contribution in [1.82, 2.24) is 9.55 Å². The van der Waals surface area contributed by atoms with Crippen LogP contribution in [-0.4, -0.2) is 9.55 Å². The van der Waals surface area contributed by atoms with Crippen LogP contribution < -0.4 is 5.56 Å². The van der Waals surface area contributed by atoms with E-state index in [4.69, 9.17) is 0 Å². The normalized spacial score (nSPS) is 10.1. The number of rotatable bonds is 2. The molecule has 0 fully saturated rings. The number of benzene rings is 2. The van der Waals surface area contributed by atoms with Gasteiger partial charge in [0.1, 0.15) is 16.0 Å². The molecule has 0 saturated heterocycles. The predicted molar refractivity (Wildman–Crippen MR) is 94.1 cm³/mol. The standard InChI is InChI=1S/C19H12BrFN2O/c20-18-17(10-9-14-5-2-1-3-6-14)22-13-23(19(18)24)12-15-7-4-8-16(21)11-15/h1-8,11,13H,12H2. The molecule has 0 saturated carbocycles. The third kappa shape index (κ3) is 3.79. The van der Waals surface area contributed by atoms with Gasteiger partial charge in [-0.3, -0.25) is 9.36 Å². The van der Waals surface area contributed by atoms with E-state index < -0.39 is 0 Å². The van der Waals surface area contributed by atoms with Gasteiger partial charge in [-0.15, -0.1) is 0 Å². The van der Waals surface area contributed by atoms with Gasteiger partial charge in [0.05, 0.1) is 12.9 Å². The van der Waals surface area contributed by atoms with E-state index in [9.17, 15) is 9.18 Å². The summed E-state index contributed by atoms with van der Waals surface area (Å²) in [5, 5.41) is 0. The fraction of sp³-hybridized carbons (Fsp3) is 0.0526. The summed E-state index contributed by atoms with van der Waals surface area (Å²) < 4.78 is 15.0. The van der Waals surface area contributed by atoms with Crippen molar-refractivity contribution < 1.29 is 4.39 Å². The lowest BCUT2D eigenvalue weighted by atomic mass is 10.2. The van der Waals surface area contributed by atoms with Gasteiger partial charge in [0.2, 0.25) is 0 Å². The van der Waals surface area contributed by atoms with Crippen molar-refractivity contribution in [3.05, 3.63) is 98.4 Å². The van der Waals surface area contributed by atoms with E-state index in [-0.39, 0.29) is 17.9 Å². The van der Waals surface area contributed by atoms with E-state index in [1.165, 1.54) is 23.0 Å². The van der Waals surface area contributed by atoms with E-state index in [1.54, 1.807) is 12.1 Å². The van der Waals surface area contributed by atoms with E-state index in [0.29, 0.717) is 15.7 Å². The Hall–Kier alpha value is -2.71. The van der Waals surface area contributed by atoms with Crippen molar-refractivity contribution in [3.8, 4) is 11.8 Å². The molecule has 0 bridgehead atoms. The van der Waals surface area contributed by atoms with Crippen LogP contribution >= 0.6 is 15.9 Å². The van der Waals surface area contributed by atoms with Crippen molar-refractivity contribution in [2.75, 3.05) is 0 Å². The highest BCUT2D eigenvalue weighted by molar-refractivity contribution is 9.10. The van der Waals surface area contributed by atoms with Gasteiger partial charge < -0.3 is 0 Å². The van der Waals surface area contributed by atoms with E-state index in [2.05, 4.69) is 32.8 Å². The number of halogens is 2. The molecular formula is C19H12BrFN2O. The Morgan fingerprint density at radius 3 is 2.62 bits per heavy atom. The highest BCUT2D eigenvalue weighted by Crippen LogP contribution is 2.09. The molecule has 0 unspecified atom stereocenters. The molecular weight excluding hydrogens is 371 g/mol. The molecule has 0 amide bonds. The summed E-state index contributed by atoms with van der Waals surface area (Å²) in [5.41, 5.74) is 1.65. The summed E-state index contributed by atoms with van der Waals surface area (Å²) in [6.07, 6.45) is 1.42. The largest absolute Gasteiger partial charge is 0.294 e. The van der Waals surface area contributed by atoms with Crippen LogP contribution in [0.1, 0.15) is 16.8 Å². The highest BCUT2D eigenvalue weighted by Gasteiger charge is 2.08. The lowest BCUT2D eigenvalue weighted by Crippen LogP contribution is -2.22. The molecule has 2 aromatic carbocycles. The molecule has 0 aliphatic heterocycles. The molecule has 0 radical (unpaired) electrons. The first-order valence-corrected chi connectivity index (χ1v) is 7.99. The SMILES string of the molecule is O=c1c(Br)c(C#Cc2ccccc2)ncn1Cc1cccc(F)c1. The van der Waals surface area contributed by atoms with Gasteiger partial charge in [-0.2, -0.15) is 0 Å². The summed E-state index contributed by atoms with van der Waals surface area (Å²) in [6, 6.07) is 15.6. The third-order valence-electron chi connectivity index (χ3n) is 3.32. The first-order chi connectivity index (χ1) is 11.6. The number of hydrogen-bond acceptors (Lipinski definition) is 2. The average Bonchev–Trinajstić information content (AvgIpc) is 2.59. The molecule has 3 rings (SSSR count). The monoisotopic (exact) mass is 382 g/mol. The van der Waals surface area contributed by atoms with Crippen molar-refractivity contribution in [2.24, 2.45) is 0 Å². The quantitative estimate of drug-likeness (QED) is 0.634. The van der Waals surface area contributed by atoms with Crippen LogP contribution in [0.4, 0.5) is 4.39 Å². The Bertz CT molecular complexity index is 987. The van der Waals surface area contributed by atoms with Crippen molar-refractivity contribution in [2.45, 2.75) is 6.54 Å². The van der Waals surface area contributed by atoms with Gasteiger partial charge in [0, 0.05) is 5.56 Å². The Labute approximate surface area is 146 Å². The number of hydrogen-bond donors (Lipinski definition) is 0. The van der Waals surface area contributed by atoms with Crippen molar-refractivity contribution in [3.63, 3.8) is 0 Å². The van der Waals surface area contributed by atoms with Gasteiger partial charge in [-0.1, -0.05) is 36.3 Å². The molecule has 0 spiro atoms. The number of nitrogens with zero attached hydrogens (tertiary/aromatic N) is 2. The predicted octanol–water partition coefficient (Wildman–Crippen LogP) is 3.59. The van der Waals surface area contributed by atoms with Crippen molar-refractivity contribution >= 4 is 15.9 Å². The first kappa shape index (κ1) is 16.2. The van der Waals surface area contributed by atoms with Crippen LogP contribution in [0, 0.1) is 17.7 Å². The van der Waals surface area contributed by atoms with E-state index in [0.717, 1.165) is 5.56 Å². The molecule has 0 aliphatic carbocycles. The second-order valence-corrected chi connectivity index (χ2v) is 5.88. The maximum Gasteiger partial charge on any atom is 0.269 e.